The highest BCUT2D eigenvalue weighted by molar-refractivity contribution is 9.10. The van der Waals surface area contributed by atoms with Gasteiger partial charge in [0.25, 0.3) is 0 Å². The van der Waals surface area contributed by atoms with Gasteiger partial charge in [-0.15, -0.1) is 11.3 Å². The second kappa shape index (κ2) is 12.3. The Bertz CT molecular complexity index is 1170. The molecular formula is C27H30BrN3O4S. The number of ether oxygens (including phenoxy) is 2. The zero-order valence-corrected chi connectivity index (χ0v) is 22.8. The normalized spacial score (nSPS) is 12.6. The first-order valence-corrected chi connectivity index (χ1v) is 13.5. The summed E-state index contributed by atoms with van der Waals surface area (Å²) in [7, 11) is 3.22. The number of hydrogen-bond donors (Lipinski definition) is 1. The lowest BCUT2D eigenvalue weighted by molar-refractivity contribution is -0.132. The van der Waals surface area contributed by atoms with E-state index in [9.17, 15) is 9.59 Å². The molecule has 190 valence electrons. The molecule has 0 radical (unpaired) electrons. The van der Waals surface area contributed by atoms with Gasteiger partial charge in [0.05, 0.1) is 20.8 Å². The van der Waals surface area contributed by atoms with Crippen molar-refractivity contribution in [2.45, 2.75) is 31.8 Å². The minimum Gasteiger partial charge on any atom is -0.493 e. The molecule has 1 heterocycles. The Balaban J connectivity index is 1.45. The average molecular weight is 573 g/mol. The summed E-state index contributed by atoms with van der Waals surface area (Å²) >= 11 is 5.03. The largest absolute Gasteiger partial charge is 0.493 e. The van der Waals surface area contributed by atoms with Crippen LogP contribution in [0.25, 0.3) is 0 Å². The van der Waals surface area contributed by atoms with E-state index in [1.165, 1.54) is 0 Å². The average Bonchev–Trinajstić information content (AvgIpc) is 3.60. The third-order valence-electron chi connectivity index (χ3n) is 6.05. The zero-order chi connectivity index (χ0) is 25.5. The van der Waals surface area contributed by atoms with Crippen molar-refractivity contribution >= 4 is 44.9 Å². The Morgan fingerprint density at radius 2 is 1.81 bits per heavy atom. The fourth-order valence-corrected chi connectivity index (χ4v) is 4.89. The number of benzene rings is 2. The van der Waals surface area contributed by atoms with Crippen molar-refractivity contribution < 1.29 is 19.1 Å². The van der Waals surface area contributed by atoms with Gasteiger partial charge in [-0.1, -0.05) is 28.1 Å². The van der Waals surface area contributed by atoms with Crippen LogP contribution in [-0.2, 0) is 17.8 Å². The van der Waals surface area contributed by atoms with E-state index in [2.05, 4.69) is 21.2 Å². The van der Waals surface area contributed by atoms with E-state index in [1.54, 1.807) is 30.5 Å². The van der Waals surface area contributed by atoms with Gasteiger partial charge in [-0.3, -0.25) is 4.79 Å². The van der Waals surface area contributed by atoms with Crippen LogP contribution >= 0.6 is 27.3 Å². The van der Waals surface area contributed by atoms with E-state index < -0.39 is 0 Å². The Kier molecular flexibility index (Phi) is 8.88. The molecule has 1 saturated carbocycles. The number of rotatable bonds is 11. The predicted molar refractivity (Wildman–Crippen MR) is 146 cm³/mol. The molecule has 2 aromatic carbocycles. The Hall–Kier alpha value is -3.04. The van der Waals surface area contributed by atoms with Gasteiger partial charge in [0, 0.05) is 27.6 Å². The Morgan fingerprint density at radius 3 is 2.44 bits per heavy atom. The van der Waals surface area contributed by atoms with Crippen molar-refractivity contribution in [3.63, 3.8) is 0 Å². The lowest BCUT2D eigenvalue weighted by atomic mass is 10.1. The number of carbonyl (C=O) groups is 2. The summed E-state index contributed by atoms with van der Waals surface area (Å²) in [5.41, 5.74) is 1.74. The van der Waals surface area contributed by atoms with Gasteiger partial charge in [0.15, 0.2) is 11.5 Å². The maximum atomic E-state index is 13.5. The highest BCUT2D eigenvalue weighted by Gasteiger charge is 2.35. The summed E-state index contributed by atoms with van der Waals surface area (Å²) in [6.45, 7) is 1.08. The molecule has 36 heavy (non-hydrogen) atoms. The van der Waals surface area contributed by atoms with Crippen molar-refractivity contribution in [1.29, 1.82) is 0 Å². The van der Waals surface area contributed by atoms with Crippen molar-refractivity contribution in [1.82, 2.24) is 9.80 Å². The first kappa shape index (κ1) is 26.0. The van der Waals surface area contributed by atoms with Crippen LogP contribution in [0.3, 0.4) is 0 Å². The van der Waals surface area contributed by atoms with Crippen LogP contribution in [0.2, 0.25) is 0 Å². The molecule has 1 aliphatic carbocycles. The number of methoxy groups -OCH3 is 2. The Morgan fingerprint density at radius 1 is 1.06 bits per heavy atom. The van der Waals surface area contributed by atoms with E-state index in [4.69, 9.17) is 9.47 Å². The number of halogens is 1. The van der Waals surface area contributed by atoms with Crippen LogP contribution in [0.4, 0.5) is 10.5 Å². The van der Waals surface area contributed by atoms with E-state index in [-0.39, 0.29) is 24.5 Å². The molecule has 1 N–H and O–H groups in total. The number of urea groups is 1. The maximum absolute atomic E-state index is 13.5. The molecule has 0 atom stereocenters. The fourth-order valence-electron chi connectivity index (χ4n) is 3.91. The standard InChI is InChI=1S/C27H30BrN3O4S/c1-34-24-12-5-19(16-25(24)35-2)13-14-30(17-23-4-3-15-36-23)26(32)18-31(22-10-11-22)27(33)29-21-8-6-20(28)7-9-21/h3-9,12,15-16,22H,10-11,13-14,17-18H2,1-2H3,(H,29,33). The highest BCUT2D eigenvalue weighted by Crippen LogP contribution is 2.29. The fraction of sp³-hybridized carbons (Fsp3) is 0.333. The van der Waals surface area contributed by atoms with E-state index in [1.807, 2.05) is 64.9 Å². The van der Waals surface area contributed by atoms with Crippen molar-refractivity contribution in [2.75, 3.05) is 32.6 Å². The minimum atomic E-state index is -0.246. The molecule has 0 spiro atoms. The van der Waals surface area contributed by atoms with Gasteiger partial charge in [0.2, 0.25) is 5.91 Å². The van der Waals surface area contributed by atoms with Gasteiger partial charge in [-0.25, -0.2) is 4.79 Å². The number of hydrogen-bond acceptors (Lipinski definition) is 5. The van der Waals surface area contributed by atoms with Crippen LogP contribution in [0, 0.1) is 0 Å². The second-order valence-corrected chi connectivity index (χ2v) is 10.6. The van der Waals surface area contributed by atoms with Crippen LogP contribution < -0.4 is 14.8 Å². The highest BCUT2D eigenvalue weighted by atomic mass is 79.9. The molecule has 1 aromatic heterocycles. The third-order valence-corrected chi connectivity index (χ3v) is 7.44. The maximum Gasteiger partial charge on any atom is 0.322 e. The van der Waals surface area contributed by atoms with Gasteiger partial charge in [-0.2, -0.15) is 0 Å². The van der Waals surface area contributed by atoms with Crippen molar-refractivity contribution in [3.8, 4) is 11.5 Å². The molecule has 1 fully saturated rings. The first-order chi connectivity index (χ1) is 17.5. The van der Waals surface area contributed by atoms with Crippen LogP contribution in [0.1, 0.15) is 23.3 Å². The van der Waals surface area contributed by atoms with E-state index in [0.717, 1.165) is 27.8 Å². The summed E-state index contributed by atoms with van der Waals surface area (Å²) in [6.07, 6.45) is 2.49. The third kappa shape index (κ3) is 7.01. The summed E-state index contributed by atoms with van der Waals surface area (Å²) in [4.78, 5) is 31.2. The molecule has 3 amide bonds. The lowest BCUT2D eigenvalue weighted by Crippen LogP contribution is -2.45. The second-order valence-electron chi connectivity index (χ2n) is 8.63. The Labute approximate surface area is 224 Å². The minimum absolute atomic E-state index is 0.0460. The van der Waals surface area contributed by atoms with Crippen LogP contribution in [0.15, 0.2) is 64.5 Å². The molecule has 9 heteroatoms. The number of anilines is 1. The molecule has 7 nitrogen and oxygen atoms in total. The molecule has 0 bridgehead atoms. The topological polar surface area (TPSA) is 71.1 Å². The number of nitrogens with one attached hydrogen (secondary N) is 1. The molecule has 0 saturated heterocycles. The molecule has 3 aromatic rings. The van der Waals surface area contributed by atoms with Crippen molar-refractivity contribution in [3.05, 3.63) is 74.9 Å². The zero-order valence-electron chi connectivity index (χ0n) is 20.4. The van der Waals surface area contributed by atoms with Crippen LogP contribution in [-0.4, -0.2) is 55.1 Å². The van der Waals surface area contributed by atoms with Crippen LogP contribution in [0.5, 0.6) is 11.5 Å². The molecular weight excluding hydrogens is 542 g/mol. The summed E-state index contributed by atoms with van der Waals surface area (Å²) < 4.78 is 11.7. The quantitative estimate of drug-likeness (QED) is 0.316. The molecule has 0 aliphatic heterocycles. The SMILES string of the molecule is COc1ccc(CCN(Cc2cccs2)C(=O)CN(C(=O)Nc2ccc(Br)cc2)C2CC2)cc1OC. The smallest absolute Gasteiger partial charge is 0.322 e. The van der Waals surface area contributed by atoms with Gasteiger partial charge >= 0.3 is 6.03 Å². The summed E-state index contributed by atoms with van der Waals surface area (Å²) in [5.74, 6) is 1.27. The van der Waals surface area contributed by atoms with Gasteiger partial charge in [0.1, 0.15) is 6.54 Å². The first-order valence-electron chi connectivity index (χ1n) is 11.8. The lowest BCUT2D eigenvalue weighted by Gasteiger charge is -2.28. The summed E-state index contributed by atoms with van der Waals surface area (Å²) in [5, 5.41) is 4.94. The van der Waals surface area contributed by atoms with E-state index >= 15 is 0 Å². The van der Waals surface area contributed by atoms with E-state index in [0.29, 0.717) is 36.7 Å². The monoisotopic (exact) mass is 571 g/mol. The number of thiophene rings is 1. The predicted octanol–water partition coefficient (Wildman–Crippen LogP) is 5.80. The molecule has 1 aliphatic rings. The molecule has 0 unspecified atom stereocenters. The number of carbonyl (C=O) groups excluding carboxylic acids is 2. The number of amides is 3. The number of nitrogens with zero attached hydrogens (tertiary/aromatic N) is 2. The van der Waals surface area contributed by atoms with Gasteiger partial charge < -0.3 is 24.6 Å². The molecule has 4 rings (SSSR count). The van der Waals surface area contributed by atoms with Gasteiger partial charge in [-0.05, 0) is 72.7 Å². The van der Waals surface area contributed by atoms with Crippen molar-refractivity contribution in [2.24, 2.45) is 0 Å². The summed E-state index contributed by atoms with van der Waals surface area (Å²) in [6, 6.07) is 17.1.